The molecule has 1 aliphatic heterocycles. The molecule has 2 aromatic heterocycles. The summed E-state index contributed by atoms with van der Waals surface area (Å²) >= 11 is 0. The van der Waals surface area contributed by atoms with E-state index >= 15 is 0 Å². The quantitative estimate of drug-likeness (QED) is 0.828. The first-order valence-electron chi connectivity index (χ1n) is 7.25. The zero-order chi connectivity index (χ0) is 15.3. The smallest absolute Gasteiger partial charge is 0.294 e. The van der Waals surface area contributed by atoms with E-state index in [4.69, 9.17) is 5.73 Å². The van der Waals surface area contributed by atoms with Gasteiger partial charge in [-0.05, 0) is 31.1 Å². The molecule has 112 valence electrons. The Bertz CT molecular complexity index is 894. The Labute approximate surface area is 125 Å². The molecule has 4 rings (SSSR count). The van der Waals surface area contributed by atoms with Crippen molar-refractivity contribution in [2.45, 2.75) is 25.9 Å². The monoisotopic (exact) mass is 297 g/mol. The molecule has 0 radical (unpaired) electrons. The number of aromatic amines is 1. The highest BCUT2D eigenvalue weighted by atomic mass is 16.1. The van der Waals surface area contributed by atoms with Crippen LogP contribution in [0.1, 0.15) is 28.9 Å². The van der Waals surface area contributed by atoms with Crippen LogP contribution >= 0.6 is 0 Å². The van der Waals surface area contributed by atoms with Crippen LogP contribution < -0.4 is 11.3 Å². The summed E-state index contributed by atoms with van der Waals surface area (Å²) in [5.41, 5.74) is 7.90. The Hall–Kier alpha value is -2.83. The van der Waals surface area contributed by atoms with Crippen LogP contribution in [0.3, 0.4) is 0 Å². The molecule has 0 bridgehead atoms. The SMILES string of the molecule is Nc1c(/N=C2/C=CC(=O)c3cc[nH]c32)c(=O)n2n1CCCC2. The van der Waals surface area contributed by atoms with Gasteiger partial charge in [0.25, 0.3) is 5.56 Å². The number of anilines is 1. The van der Waals surface area contributed by atoms with Crippen molar-refractivity contribution >= 4 is 23.0 Å². The summed E-state index contributed by atoms with van der Waals surface area (Å²) in [6.07, 6.45) is 6.73. The van der Waals surface area contributed by atoms with Gasteiger partial charge in [0, 0.05) is 24.8 Å². The summed E-state index contributed by atoms with van der Waals surface area (Å²) in [6, 6.07) is 1.71. The highest BCUT2D eigenvalue weighted by Gasteiger charge is 2.23. The van der Waals surface area contributed by atoms with Gasteiger partial charge in [0.05, 0.1) is 11.4 Å². The van der Waals surface area contributed by atoms with E-state index in [9.17, 15) is 9.59 Å². The number of ketones is 1. The molecule has 0 fully saturated rings. The maximum absolute atomic E-state index is 12.5. The number of hydrogen-bond donors (Lipinski definition) is 2. The maximum atomic E-state index is 12.5. The van der Waals surface area contributed by atoms with Crippen LogP contribution in [0.15, 0.2) is 34.2 Å². The van der Waals surface area contributed by atoms with Crippen LogP contribution in [0.25, 0.3) is 0 Å². The molecular weight excluding hydrogens is 282 g/mol. The number of aliphatic imine (C=N–C) groups is 1. The molecule has 0 unspecified atom stereocenters. The van der Waals surface area contributed by atoms with Crippen LogP contribution in [0.5, 0.6) is 0 Å². The molecule has 22 heavy (non-hydrogen) atoms. The topological polar surface area (TPSA) is 98.2 Å². The molecule has 1 aliphatic carbocycles. The Morgan fingerprint density at radius 3 is 2.68 bits per heavy atom. The van der Waals surface area contributed by atoms with E-state index in [2.05, 4.69) is 9.98 Å². The first-order chi connectivity index (χ1) is 10.7. The number of aromatic nitrogens is 3. The fourth-order valence-corrected chi connectivity index (χ4v) is 3.01. The minimum atomic E-state index is -0.178. The summed E-state index contributed by atoms with van der Waals surface area (Å²) in [5.74, 6) is 0.312. The van der Waals surface area contributed by atoms with Gasteiger partial charge in [-0.15, -0.1) is 0 Å². The van der Waals surface area contributed by atoms with Gasteiger partial charge in [0.15, 0.2) is 17.3 Å². The molecule has 0 atom stereocenters. The second kappa shape index (κ2) is 4.59. The average Bonchev–Trinajstić information content (AvgIpc) is 3.11. The van der Waals surface area contributed by atoms with Gasteiger partial charge in [0.2, 0.25) is 0 Å². The number of carbonyl (C=O) groups is 1. The van der Waals surface area contributed by atoms with Crippen molar-refractivity contribution in [2.24, 2.45) is 4.99 Å². The molecule has 0 saturated heterocycles. The lowest BCUT2D eigenvalue weighted by Crippen LogP contribution is -2.27. The van der Waals surface area contributed by atoms with E-state index in [1.807, 2.05) is 0 Å². The van der Waals surface area contributed by atoms with E-state index in [0.29, 0.717) is 29.3 Å². The second-order valence-corrected chi connectivity index (χ2v) is 5.45. The molecule has 0 amide bonds. The van der Waals surface area contributed by atoms with Gasteiger partial charge in [-0.3, -0.25) is 14.3 Å². The first-order valence-corrected chi connectivity index (χ1v) is 7.25. The van der Waals surface area contributed by atoms with Crippen molar-refractivity contribution in [1.29, 1.82) is 0 Å². The number of nitrogens with zero attached hydrogens (tertiary/aromatic N) is 3. The molecule has 2 aliphatic rings. The van der Waals surface area contributed by atoms with E-state index in [-0.39, 0.29) is 17.0 Å². The van der Waals surface area contributed by atoms with Crippen LogP contribution in [0.2, 0.25) is 0 Å². The highest BCUT2D eigenvalue weighted by molar-refractivity contribution is 6.23. The third kappa shape index (κ3) is 1.71. The Balaban J connectivity index is 1.88. The summed E-state index contributed by atoms with van der Waals surface area (Å²) in [6.45, 7) is 1.39. The van der Waals surface area contributed by atoms with Crippen molar-refractivity contribution in [1.82, 2.24) is 14.3 Å². The Morgan fingerprint density at radius 1 is 1.14 bits per heavy atom. The van der Waals surface area contributed by atoms with Crippen molar-refractivity contribution < 1.29 is 4.79 Å². The predicted octanol–water partition coefficient (Wildman–Crippen LogP) is 1.23. The molecule has 3 N–H and O–H groups in total. The predicted molar refractivity (Wildman–Crippen MR) is 82.8 cm³/mol. The average molecular weight is 297 g/mol. The summed E-state index contributed by atoms with van der Waals surface area (Å²) < 4.78 is 3.43. The lowest BCUT2D eigenvalue weighted by molar-refractivity contribution is 0.104. The van der Waals surface area contributed by atoms with Crippen LogP contribution in [-0.4, -0.2) is 25.8 Å². The van der Waals surface area contributed by atoms with Gasteiger partial charge >= 0.3 is 0 Å². The third-order valence-electron chi connectivity index (χ3n) is 4.13. The van der Waals surface area contributed by atoms with E-state index in [1.165, 1.54) is 6.08 Å². The van der Waals surface area contributed by atoms with Crippen LogP contribution in [-0.2, 0) is 13.1 Å². The number of nitrogen functional groups attached to an aromatic ring is 1. The van der Waals surface area contributed by atoms with Gasteiger partial charge in [0.1, 0.15) is 0 Å². The van der Waals surface area contributed by atoms with Gasteiger partial charge < -0.3 is 10.7 Å². The highest BCUT2D eigenvalue weighted by Crippen LogP contribution is 2.24. The number of fused-ring (bicyclic) bond motifs is 2. The fraction of sp³-hybridized carbons (Fsp3) is 0.267. The molecule has 2 aromatic rings. The zero-order valence-corrected chi connectivity index (χ0v) is 11.9. The summed E-state index contributed by atoms with van der Waals surface area (Å²) in [5, 5.41) is 0. The molecule has 7 nitrogen and oxygen atoms in total. The van der Waals surface area contributed by atoms with Gasteiger partial charge in [-0.2, -0.15) is 0 Å². The van der Waals surface area contributed by atoms with Crippen molar-refractivity contribution in [2.75, 3.05) is 5.73 Å². The number of rotatable bonds is 1. The summed E-state index contributed by atoms with van der Waals surface area (Å²) in [4.78, 5) is 31.7. The number of allylic oxidation sites excluding steroid dienone is 2. The fourth-order valence-electron chi connectivity index (χ4n) is 3.01. The molecular formula is C15H15N5O2. The van der Waals surface area contributed by atoms with Crippen LogP contribution in [0, 0.1) is 0 Å². The molecule has 7 heteroatoms. The van der Waals surface area contributed by atoms with Crippen molar-refractivity contribution in [3.05, 3.63) is 46.0 Å². The third-order valence-corrected chi connectivity index (χ3v) is 4.13. The molecule has 0 spiro atoms. The van der Waals surface area contributed by atoms with Crippen molar-refractivity contribution in [3.8, 4) is 0 Å². The lowest BCUT2D eigenvalue weighted by Gasteiger charge is -2.17. The van der Waals surface area contributed by atoms with Gasteiger partial charge in [-0.1, -0.05) is 0 Å². The molecule has 0 saturated carbocycles. The lowest BCUT2D eigenvalue weighted by atomic mass is 10.0. The standard InChI is InChI=1S/C15H15N5O2/c16-14-13(15(22)20-8-2-1-7-19(14)20)18-10-3-4-11(21)9-5-6-17-12(9)10/h3-6,17H,1-2,7-8,16H2/b18-10-. The van der Waals surface area contributed by atoms with Crippen molar-refractivity contribution in [3.63, 3.8) is 0 Å². The number of carbonyl (C=O) groups excluding carboxylic acids is 1. The van der Waals surface area contributed by atoms with E-state index < -0.39 is 0 Å². The minimum Gasteiger partial charge on any atom is -0.382 e. The normalized spacial score (nSPS) is 18.5. The number of nitrogens with two attached hydrogens (primary N) is 1. The maximum Gasteiger partial charge on any atom is 0.294 e. The first kappa shape index (κ1) is 12.9. The Kier molecular flexibility index (Phi) is 2.69. The number of nitrogens with one attached hydrogen (secondary N) is 1. The molecule has 0 aromatic carbocycles. The summed E-state index contributed by atoms with van der Waals surface area (Å²) in [7, 11) is 0. The van der Waals surface area contributed by atoms with Gasteiger partial charge in [-0.25, -0.2) is 9.67 Å². The largest absolute Gasteiger partial charge is 0.382 e. The second-order valence-electron chi connectivity index (χ2n) is 5.45. The number of H-pyrrole nitrogens is 1. The van der Waals surface area contributed by atoms with E-state index in [1.54, 1.807) is 27.7 Å². The van der Waals surface area contributed by atoms with Crippen LogP contribution in [0.4, 0.5) is 11.5 Å². The zero-order valence-electron chi connectivity index (χ0n) is 11.9. The Morgan fingerprint density at radius 2 is 1.91 bits per heavy atom. The minimum absolute atomic E-state index is 0.0731. The molecule has 3 heterocycles. The number of hydrogen-bond acceptors (Lipinski definition) is 4. The van der Waals surface area contributed by atoms with E-state index in [0.717, 1.165) is 19.4 Å².